The Morgan fingerprint density at radius 1 is 1.42 bits per heavy atom. The molecule has 0 aliphatic carbocycles. The van der Waals surface area contributed by atoms with Crippen LogP contribution in [0.4, 0.5) is 0 Å². The summed E-state index contributed by atoms with van der Waals surface area (Å²) >= 11 is 0. The van der Waals surface area contributed by atoms with Gasteiger partial charge in [-0.2, -0.15) is 0 Å². The van der Waals surface area contributed by atoms with Gasteiger partial charge in [-0.05, 0) is 12.8 Å². The first-order valence-corrected chi connectivity index (χ1v) is 6.61. The van der Waals surface area contributed by atoms with Crippen LogP contribution < -0.4 is 5.32 Å². The molecule has 2 N–H and O–H groups in total. The Balaban J connectivity index is 2.58. The summed E-state index contributed by atoms with van der Waals surface area (Å²) < 4.78 is 0. The molecule has 0 spiro atoms. The summed E-state index contributed by atoms with van der Waals surface area (Å²) in [6, 6.07) is 0. The molecule has 0 aromatic carbocycles. The normalized spacial score (nSPS) is 19.6. The minimum atomic E-state index is -0.913. The Morgan fingerprint density at radius 3 is 2.37 bits per heavy atom. The first kappa shape index (κ1) is 15.5. The van der Waals surface area contributed by atoms with Crippen LogP contribution in [0.15, 0.2) is 0 Å². The van der Waals surface area contributed by atoms with Crippen molar-refractivity contribution in [1.82, 2.24) is 10.2 Å². The number of amides is 2. The maximum Gasteiger partial charge on any atom is 0.311 e. The Bertz CT molecular complexity index is 377. The SMILES string of the molecule is CCC(CC)(CNC(=O)C1CC(=O)N(C)C1)C(=O)O. The molecule has 1 fully saturated rings. The topological polar surface area (TPSA) is 86.7 Å². The van der Waals surface area contributed by atoms with Crippen molar-refractivity contribution in [2.45, 2.75) is 33.1 Å². The third-order valence-electron chi connectivity index (χ3n) is 4.12. The summed E-state index contributed by atoms with van der Waals surface area (Å²) in [7, 11) is 1.66. The smallest absolute Gasteiger partial charge is 0.311 e. The van der Waals surface area contributed by atoms with E-state index in [1.165, 1.54) is 4.90 Å². The number of carbonyl (C=O) groups is 3. The van der Waals surface area contributed by atoms with Crippen molar-refractivity contribution in [2.75, 3.05) is 20.1 Å². The molecular formula is C13H22N2O4. The summed E-state index contributed by atoms with van der Waals surface area (Å²) in [4.78, 5) is 36.1. The van der Waals surface area contributed by atoms with Crippen molar-refractivity contribution < 1.29 is 19.5 Å². The lowest BCUT2D eigenvalue weighted by molar-refractivity contribution is -0.149. The Hall–Kier alpha value is -1.59. The predicted molar refractivity (Wildman–Crippen MR) is 69.4 cm³/mol. The molecule has 108 valence electrons. The molecule has 0 bridgehead atoms. The highest BCUT2D eigenvalue weighted by Crippen LogP contribution is 2.26. The van der Waals surface area contributed by atoms with Gasteiger partial charge < -0.3 is 15.3 Å². The van der Waals surface area contributed by atoms with E-state index in [2.05, 4.69) is 5.32 Å². The van der Waals surface area contributed by atoms with Crippen molar-refractivity contribution in [3.63, 3.8) is 0 Å². The number of aliphatic carboxylic acids is 1. The molecule has 0 aromatic rings. The number of hydrogen-bond acceptors (Lipinski definition) is 3. The van der Waals surface area contributed by atoms with Crippen LogP contribution in [0.3, 0.4) is 0 Å². The summed E-state index contributed by atoms with van der Waals surface area (Å²) in [5.74, 6) is -1.53. The zero-order valence-electron chi connectivity index (χ0n) is 11.7. The van der Waals surface area contributed by atoms with Crippen molar-refractivity contribution in [3.8, 4) is 0 Å². The molecule has 1 heterocycles. The number of nitrogens with one attached hydrogen (secondary N) is 1. The van der Waals surface area contributed by atoms with E-state index in [9.17, 15) is 19.5 Å². The monoisotopic (exact) mass is 270 g/mol. The molecule has 1 atom stereocenters. The lowest BCUT2D eigenvalue weighted by Gasteiger charge is -2.27. The molecule has 19 heavy (non-hydrogen) atoms. The number of nitrogens with zero attached hydrogens (tertiary/aromatic N) is 1. The Kier molecular flexibility index (Phi) is 4.91. The minimum Gasteiger partial charge on any atom is -0.481 e. The Labute approximate surface area is 113 Å². The standard InChI is InChI=1S/C13H22N2O4/c1-4-13(5-2,12(18)19)8-14-11(17)9-6-10(16)15(3)7-9/h9H,4-8H2,1-3H3,(H,14,17)(H,18,19). The minimum absolute atomic E-state index is 0.0457. The quantitative estimate of drug-likeness (QED) is 0.734. The summed E-state index contributed by atoms with van der Waals surface area (Å²) in [5.41, 5.74) is -0.913. The summed E-state index contributed by atoms with van der Waals surface area (Å²) in [5, 5.41) is 12.0. The van der Waals surface area contributed by atoms with Gasteiger partial charge in [0, 0.05) is 26.6 Å². The van der Waals surface area contributed by atoms with Crippen LogP contribution in [0, 0.1) is 11.3 Å². The van der Waals surface area contributed by atoms with E-state index < -0.39 is 11.4 Å². The maximum absolute atomic E-state index is 12.0. The number of carboxylic acids is 1. The van der Waals surface area contributed by atoms with Gasteiger partial charge in [-0.1, -0.05) is 13.8 Å². The van der Waals surface area contributed by atoms with Crippen LogP contribution in [0.1, 0.15) is 33.1 Å². The molecule has 1 aliphatic heterocycles. The number of hydrogen-bond donors (Lipinski definition) is 2. The molecule has 6 heteroatoms. The second-order valence-electron chi connectivity index (χ2n) is 5.19. The van der Waals surface area contributed by atoms with E-state index >= 15 is 0 Å². The van der Waals surface area contributed by atoms with Crippen molar-refractivity contribution in [2.24, 2.45) is 11.3 Å². The van der Waals surface area contributed by atoms with Gasteiger partial charge in [-0.15, -0.1) is 0 Å². The van der Waals surface area contributed by atoms with E-state index in [1.54, 1.807) is 20.9 Å². The molecule has 0 saturated carbocycles. The van der Waals surface area contributed by atoms with Gasteiger partial charge in [-0.25, -0.2) is 0 Å². The van der Waals surface area contributed by atoms with Crippen LogP contribution >= 0.6 is 0 Å². The average Bonchev–Trinajstić information content (AvgIpc) is 2.71. The highest BCUT2D eigenvalue weighted by atomic mass is 16.4. The zero-order valence-corrected chi connectivity index (χ0v) is 11.7. The second-order valence-corrected chi connectivity index (χ2v) is 5.19. The molecule has 1 saturated heterocycles. The lowest BCUT2D eigenvalue weighted by Crippen LogP contribution is -2.44. The number of carbonyl (C=O) groups excluding carboxylic acids is 2. The zero-order chi connectivity index (χ0) is 14.6. The fourth-order valence-corrected chi connectivity index (χ4v) is 2.32. The molecule has 0 aromatic heterocycles. The highest BCUT2D eigenvalue weighted by molar-refractivity contribution is 5.89. The average molecular weight is 270 g/mol. The molecular weight excluding hydrogens is 248 g/mol. The molecule has 6 nitrogen and oxygen atoms in total. The molecule has 1 rings (SSSR count). The molecule has 1 unspecified atom stereocenters. The number of rotatable bonds is 6. The molecule has 1 aliphatic rings. The van der Waals surface area contributed by atoms with E-state index in [4.69, 9.17) is 0 Å². The van der Waals surface area contributed by atoms with E-state index in [0.29, 0.717) is 19.4 Å². The van der Waals surface area contributed by atoms with Gasteiger partial charge in [0.05, 0.1) is 11.3 Å². The third-order valence-corrected chi connectivity index (χ3v) is 4.12. The van der Waals surface area contributed by atoms with Gasteiger partial charge >= 0.3 is 5.97 Å². The van der Waals surface area contributed by atoms with Gasteiger partial charge in [0.1, 0.15) is 0 Å². The van der Waals surface area contributed by atoms with Gasteiger partial charge in [0.15, 0.2) is 0 Å². The van der Waals surface area contributed by atoms with Crippen LogP contribution in [-0.2, 0) is 14.4 Å². The predicted octanol–water partition coefficient (Wildman–Crippen LogP) is 0.472. The second kappa shape index (κ2) is 6.04. The van der Waals surface area contributed by atoms with E-state index in [0.717, 1.165) is 0 Å². The highest BCUT2D eigenvalue weighted by Gasteiger charge is 2.37. The van der Waals surface area contributed by atoms with Crippen LogP contribution in [0.5, 0.6) is 0 Å². The van der Waals surface area contributed by atoms with Crippen molar-refractivity contribution in [1.29, 1.82) is 0 Å². The van der Waals surface area contributed by atoms with E-state index in [-0.39, 0.29) is 30.7 Å². The summed E-state index contributed by atoms with van der Waals surface area (Å²) in [6.07, 6.45) is 1.13. The summed E-state index contributed by atoms with van der Waals surface area (Å²) in [6.45, 7) is 4.12. The van der Waals surface area contributed by atoms with Crippen molar-refractivity contribution in [3.05, 3.63) is 0 Å². The fourth-order valence-electron chi connectivity index (χ4n) is 2.32. The largest absolute Gasteiger partial charge is 0.481 e. The van der Waals surface area contributed by atoms with Crippen LogP contribution in [0.2, 0.25) is 0 Å². The van der Waals surface area contributed by atoms with Crippen LogP contribution in [-0.4, -0.2) is 47.9 Å². The first-order chi connectivity index (χ1) is 8.86. The van der Waals surface area contributed by atoms with Gasteiger partial charge in [-0.3, -0.25) is 14.4 Å². The lowest BCUT2D eigenvalue weighted by atomic mass is 9.82. The molecule has 0 radical (unpaired) electrons. The van der Waals surface area contributed by atoms with Gasteiger partial charge in [0.2, 0.25) is 11.8 Å². The van der Waals surface area contributed by atoms with Crippen molar-refractivity contribution >= 4 is 17.8 Å². The molecule has 2 amide bonds. The number of carboxylic acid groups (broad SMARTS) is 1. The fraction of sp³-hybridized carbons (Fsp3) is 0.769. The Morgan fingerprint density at radius 2 is 2.00 bits per heavy atom. The number of likely N-dealkylation sites (tertiary alicyclic amines) is 1. The van der Waals surface area contributed by atoms with E-state index in [1.807, 2.05) is 0 Å². The van der Waals surface area contributed by atoms with Crippen LogP contribution in [0.25, 0.3) is 0 Å². The third kappa shape index (κ3) is 3.24. The van der Waals surface area contributed by atoms with Gasteiger partial charge in [0.25, 0.3) is 0 Å². The first-order valence-electron chi connectivity index (χ1n) is 6.61. The maximum atomic E-state index is 12.0.